The first-order chi connectivity index (χ1) is 17.1. The predicted molar refractivity (Wildman–Crippen MR) is 132 cm³/mol. The molecule has 0 atom stereocenters. The van der Waals surface area contributed by atoms with Gasteiger partial charge in [-0.3, -0.25) is 14.6 Å². The lowest BCUT2D eigenvalue weighted by Crippen LogP contribution is -2.49. The third kappa shape index (κ3) is 4.21. The van der Waals surface area contributed by atoms with E-state index in [0.717, 1.165) is 16.8 Å². The number of piperidine rings is 1. The van der Waals surface area contributed by atoms with Crippen molar-refractivity contribution in [2.45, 2.75) is 18.3 Å². The number of nitrogens with zero attached hydrogens (tertiary/aromatic N) is 4. The third-order valence-electron chi connectivity index (χ3n) is 6.71. The van der Waals surface area contributed by atoms with Crippen LogP contribution in [0.2, 0.25) is 0 Å². The Labute approximate surface area is 204 Å². The Hall–Kier alpha value is -4.26. The topological polar surface area (TPSA) is 77.3 Å². The highest BCUT2D eigenvalue weighted by molar-refractivity contribution is 6.00. The van der Waals surface area contributed by atoms with Gasteiger partial charge in [0, 0.05) is 37.2 Å². The molecule has 3 heterocycles. The standard InChI is InChI=1S/C28H26N4O3/c1-35-27(34)28(22-10-4-2-5-11-22)14-17-31(18-15-28)26(33)24-20-32(23-12-6-3-7-13-23)30-25(24)21-9-8-16-29-19-21/h2-13,16,19-20H,14-15,17-18H2,1H3. The maximum absolute atomic E-state index is 13.8. The van der Waals surface area contributed by atoms with Crippen molar-refractivity contribution in [2.24, 2.45) is 0 Å². The second-order valence-corrected chi connectivity index (χ2v) is 8.65. The first-order valence-corrected chi connectivity index (χ1v) is 11.6. The van der Waals surface area contributed by atoms with Crippen LogP contribution in [0, 0.1) is 0 Å². The molecule has 7 nitrogen and oxygen atoms in total. The molecule has 0 aliphatic carbocycles. The molecule has 0 spiro atoms. The molecule has 1 aliphatic rings. The largest absolute Gasteiger partial charge is 0.468 e. The average molecular weight is 467 g/mol. The molecule has 5 rings (SSSR count). The summed E-state index contributed by atoms with van der Waals surface area (Å²) in [6.07, 6.45) is 6.16. The maximum atomic E-state index is 13.8. The molecule has 1 aliphatic heterocycles. The van der Waals surface area contributed by atoms with Gasteiger partial charge in [0.2, 0.25) is 0 Å². The molecule has 176 valence electrons. The van der Waals surface area contributed by atoms with E-state index in [9.17, 15) is 9.59 Å². The van der Waals surface area contributed by atoms with Gasteiger partial charge in [-0.25, -0.2) is 4.68 Å². The van der Waals surface area contributed by atoms with E-state index in [1.807, 2.05) is 72.8 Å². The SMILES string of the molecule is COC(=O)C1(c2ccccc2)CCN(C(=O)c2cn(-c3ccccc3)nc2-c2cccnc2)CC1. The number of carbonyl (C=O) groups excluding carboxylic acids is 2. The molecule has 2 aromatic heterocycles. The van der Waals surface area contributed by atoms with Crippen molar-refractivity contribution >= 4 is 11.9 Å². The molecular weight excluding hydrogens is 440 g/mol. The highest BCUT2D eigenvalue weighted by Gasteiger charge is 2.45. The van der Waals surface area contributed by atoms with E-state index in [1.54, 1.807) is 28.2 Å². The molecule has 0 radical (unpaired) electrons. The number of para-hydroxylation sites is 1. The quantitative estimate of drug-likeness (QED) is 0.410. The van der Waals surface area contributed by atoms with Gasteiger partial charge < -0.3 is 9.64 Å². The summed E-state index contributed by atoms with van der Waals surface area (Å²) in [7, 11) is 1.42. The van der Waals surface area contributed by atoms with E-state index in [2.05, 4.69) is 4.98 Å². The van der Waals surface area contributed by atoms with Gasteiger partial charge in [-0.15, -0.1) is 0 Å². The Morgan fingerprint density at radius 2 is 1.60 bits per heavy atom. The highest BCUT2D eigenvalue weighted by atomic mass is 16.5. The molecule has 0 N–H and O–H groups in total. The first kappa shape index (κ1) is 22.5. The van der Waals surface area contributed by atoms with E-state index in [0.29, 0.717) is 37.2 Å². The summed E-state index contributed by atoms with van der Waals surface area (Å²) >= 11 is 0. The Balaban J connectivity index is 1.46. The second kappa shape index (κ2) is 9.54. The van der Waals surface area contributed by atoms with E-state index < -0.39 is 5.41 Å². The van der Waals surface area contributed by atoms with Crippen molar-refractivity contribution in [2.75, 3.05) is 20.2 Å². The van der Waals surface area contributed by atoms with Crippen LogP contribution in [0.4, 0.5) is 0 Å². The Kier molecular flexibility index (Phi) is 6.14. The lowest BCUT2D eigenvalue weighted by Gasteiger charge is -2.40. The molecular formula is C28H26N4O3. The normalized spacial score (nSPS) is 14.9. The highest BCUT2D eigenvalue weighted by Crippen LogP contribution is 2.37. The molecule has 35 heavy (non-hydrogen) atoms. The fraction of sp³-hybridized carbons (Fsp3) is 0.214. The number of pyridine rings is 1. The summed E-state index contributed by atoms with van der Waals surface area (Å²) < 4.78 is 6.92. The van der Waals surface area contributed by atoms with Gasteiger partial charge in [-0.1, -0.05) is 48.5 Å². The number of aromatic nitrogens is 3. The Bertz CT molecular complexity index is 1310. The van der Waals surface area contributed by atoms with Gasteiger partial charge in [0.1, 0.15) is 5.69 Å². The molecule has 1 fully saturated rings. The van der Waals surface area contributed by atoms with Gasteiger partial charge >= 0.3 is 5.97 Å². The molecule has 0 saturated carbocycles. The van der Waals surface area contributed by atoms with Crippen LogP contribution in [0.1, 0.15) is 28.8 Å². The van der Waals surface area contributed by atoms with Crippen LogP contribution in [0.3, 0.4) is 0 Å². The van der Waals surface area contributed by atoms with Gasteiger partial charge in [0.05, 0.1) is 23.8 Å². The van der Waals surface area contributed by atoms with E-state index >= 15 is 0 Å². The number of hydrogen-bond acceptors (Lipinski definition) is 5. The summed E-state index contributed by atoms with van der Waals surface area (Å²) in [6.45, 7) is 0.873. The molecule has 1 saturated heterocycles. The van der Waals surface area contributed by atoms with Crippen molar-refractivity contribution in [3.05, 3.63) is 103 Å². The maximum Gasteiger partial charge on any atom is 0.316 e. The molecule has 1 amide bonds. The van der Waals surface area contributed by atoms with Gasteiger partial charge in [-0.2, -0.15) is 5.10 Å². The fourth-order valence-electron chi connectivity index (χ4n) is 4.78. The van der Waals surface area contributed by atoms with Crippen LogP contribution in [0.15, 0.2) is 91.4 Å². The van der Waals surface area contributed by atoms with Crippen LogP contribution >= 0.6 is 0 Å². The minimum atomic E-state index is -0.757. The van der Waals surface area contributed by atoms with Gasteiger partial charge in [0.15, 0.2) is 0 Å². The fourth-order valence-corrected chi connectivity index (χ4v) is 4.78. The summed E-state index contributed by atoms with van der Waals surface area (Å²) in [5.74, 6) is -0.374. The number of benzene rings is 2. The Morgan fingerprint density at radius 1 is 0.914 bits per heavy atom. The number of amides is 1. The molecule has 2 aromatic carbocycles. The zero-order valence-corrected chi connectivity index (χ0v) is 19.5. The van der Waals surface area contributed by atoms with Crippen molar-refractivity contribution in [1.82, 2.24) is 19.7 Å². The Morgan fingerprint density at radius 3 is 2.23 bits per heavy atom. The third-order valence-corrected chi connectivity index (χ3v) is 6.71. The second-order valence-electron chi connectivity index (χ2n) is 8.65. The summed E-state index contributed by atoms with van der Waals surface area (Å²) in [6, 6.07) is 23.1. The number of carbonyl (C=O) groups is 2. The summed E-state index contributed by atoms with van der Waals surface area (Å²) in [5.41, 5.74) is 2.89. The number of methoxy groups -OCH3 is 1. The van der Waals surface area contributed by atoms with Crippen molar-refractivity contribution in [3.63, 3.8) is 0 Å². The van der Waals surface area contributed by atoms with Crippen LogP contribution in [0.5, 0.6) is 0 Å². The van der Waals surface area contributed by atoms with Gasteiger partial charge in [-0.05, 0) is 42.7 Å². The number of ether oxygens (including phenoxy) is 1. The monoisotopic (exact) mass is 466 g/mol. The van der Waals surface area contributed by atoms with Crippen molar-refractivity contribution < 1.29 is 14.3 Å². The number of likely N-dealkylation sites (tertiary alicyclic amines) is 1. The van der Waals surface area contributed by atoms with Crippen LogP contribution < -0.4 is 0 Å². The van der Waals surface area contributed by atoms with Crippen LogP contribution in [-0.4, -0.2) is 51.7 Å². The smallest absolute Gasteiger partial charge is 0.316 e. The van der Waals surface area contributed by atoms with Crippen molar-refractivity contribution in [1.29, 1.82) is 0 Å². The molecule has 4 aromatic rings. The minimum Gasteiger partial charge on any atom is -0.468 e. The van der Waals surface area contributed by atoms with Crippen molar-refractivity contribution in [3.8, 4) is 16.9 Å². The summed E-state index contributed by atoms with van der Waals surface area (Å²) in [4.78, 5) is 32.7. The molecule has 0 unspecified atom stereocenters. The first-order valence-electron chi connectivity index (χ1n) is 11.6. The lowest BCUT2D eigenvalue weighted by atomic mass is 9.72. The number of esters is 1. The van der Waals surface area contributed by atoms with E-state index in [-0.39, 0.29) is 11.9 Å². The zero-order valence-electron chi connectivity index (χ0n) is 19.5. The molecule has 7 heteroatoms. The van der Waals surface area contributed by atoms with Crippen LogP contribution in [0.25, 0.3) is 16.9 Å². The average Bonchev–Trinajstić information content (AvgIpc) is 3.39. The lowest BCUT2D eigenvalue weighted by molar-refractivity contribution is -0.149. The summed E-state index contributed by atoms with van der Waals surface area (Å²) in [5, 5.41) is 4.74. The number of rotatable bonds is 5. The minimum absolute atomic E-state index is 0.113. The predicted octanol–water partition coefficient (Wildman–Crippen LogP) is 4.28. The zero-order chi connectivity index (χ0) is 24.3. The molecule has 0 bridgehead atoms. The van der Waals surface area contributed by atoms with E-state index in [4.69, 9.17) is 9.84 Å². The van der Waals surface area contributed by atoms with Gasteiger partial charge in [0.25, 0.3) is 5.91 Å². The van der Waals surface area contributed by atoms with Crippen LogP contribution in [-0.2, 0) is 14.9 Å². The number of hydrogen-bond donors (Lipinski definition) is 0. The van der Waals surface area contributed by atoms with E-state index in [1.165, 1.54) is 7.11 Å².